The van der Waals surface area contributed by atoms with Gasteiger partial charge in [0.25, 0.3) is 11.6 Å². The van der Waals surface area contributed by atoms with Gasteiger partial charge in [-0.15, -0.1) is 10.2 Å². The van der Waals surface area contributed by atoms with Crippen molar-refractivity contribution in [2.24, 2.45) is 0 Å². The topological polar surface area (TPSA) is 149 Å². The summed E-state index contributed by atoms with van der Waals surface area (Å²) in [4.78, 5) is 22.4. The molecular weight excluding hydrogens is 370 g/mol. The zero-order valence-corrected chi connectivity index (χ0v) is 14.8. The van der Waals surface area contributed by atoms with Crippen LogP contribution in [0.4, 0.5) is 5.69 Å². The summed E-state index contributed by atoms with van der Waals surface area (Å²) < 4.78 is 10.7. The van der Waals surface area contributed by atoms with Crippen molar-refractivity contribution in [3.05, 3.63) is 63.5 Å². The lowest BCUT2D eigenvalue weighted by Crippen LogP contribution is -2.10. The van der Waals surface area contributed by atoms with Gasteiger partial charge in [-0.05, 0) is 37.6 Å². The number of carbonyl (C=O) groups is 1. The van der Waals surface area contributed by atoms with Gasteiger partial charge >= 0.3 is 5.97 Å². The lowest BCUT2D eigenvalue weighted by Gasteiger charge is -2.11. The molecule has 0 fully saturated rings. The van der Waals surface area contributed by atoms with Gasteiger partial charge in [-0.2, -0.15) is 0 Å². The third-order valence-corrected chi connectivity index (χ3v) is 3.97. The number of aryl methyl sites for hydroxylation is 1. The number of rotatable bonds is 5. The Morgan fingerprint density at radius 2 is 1.82 bits per heavy atom. The first kappa shape index (κ1) is 18.8. The Balaban J connectivity index is 1.75. The molecule has 3 rings (SSSR count). The molecule has 0 aliphatic carbocycles. The number of nitrogens with zero attached hydrogens (tertiary/aromatic N) is 3. The number of benzene rings is 2. The van der Waals surface area contributed by atoms with Crippen molar-refractivity contribution in [1.82, 2.24) is 10.2 Å². The molecular formula is C18H15N3O7. The smallest absolute Gasteiger partial charge is 0.342 e. The number of nitro groups is 1. The van der Waals surface area contributed by atoms with Gasteiger partial charge < -0.3 is 19.4 Å². The highest BCUT2D eigenvalue weighted by Crippen LogP contribution is 2.33. The predicted octanol–water partition coefficient (Wildman–Crippen LogP) is 3.28. The summed E-state index contributed by atoms with van der Waals surface area (Å²) in [5, 5.41) is 38.0. The molecule has 10 nitrogen and oxygen atoms in total. The first-order chi connectivity index (χ1) is 13.3. The maximum absolute atomic E-state index is 12.2. The molecule has 0 spiro atoms. The first-order valence-electron chi connectivity index (χ1n) is 8.08. The van der Waals surface area contributed by atoms with Crippen LogP contribution < -0.4 is 0 Å². The molecule has 1 heterocycles. The third kappa shape index (κ3) is 3.61. The van der Waals surface area contributed by atoms with Crippen molar-refractivity contribution < 1.29 is 29.1 Å². The minimum Gasteiger partial charge on any atom is -0.504 e. The van der Waals surface area contributed by atoms with Gasteiger partial charge in [0.15, 0.2) is 17.6 Å². The second-order valence-corrected chi connectivity index (χ2v) is 5.92. The number of phenols is 2. The van der Waals surface area contributed by atoms with Crippen LogP contribution in [0.25, 0.3) is 11.5 Å². The number of hydrogen-bond acceptors (Lipinski definition) is 9. The van der Waals surface area contributed by atoms with Crippen LogP contribution in [0.15, 0.2) is 40.8 Å². The van der Waals surface area contributed by atoms with Gasteiger partial charge in [0.1, 0.15) is 5.56 Å². The van der Waals surface area contributed by atoms with E-state index in [1.807, 2.05) is 0 Å². The van der Waals surface area contributed by atoms with Crippen molar-refractivity contribution in [3.63, 3.8) is 0 Å². The minimum atomic E-state index is -0.936. The Kier molecular flexibility index (Phi) is 4.94. The number of carbonyl (C=O) groups excluding carboxylic acids is 1. The summed E-state index contributed by atoms with van der Waals surface area (Å²) in [5.74, 6) is -1.76. The molecule has 3 aromatic rings. The van der Waals surface area contributed by atoms with Crippen molar-refractivity contribution in [3.8, 4) is 23.0 Å². The Bertz CT molecular complexity index is 1040. The van der Waals surface area contributed by atoms with E-state index in [1.54, 1.807) is 6.92 Å². The van der Waals surface area contributed by atoms with E-state index in [0.29, 0.717) is 11.1 Å². The van der Waals surface area contributed by atoms with Gasteiger partial charge in [0, 0.05) is 17.7 Å². The molecule has 0 aliphatic heterocycles. The molecule has 0 aliphatic rings. The third-order valence-electron chi connectivity index (χ3n) is 3.97. The molecule has 144 valence electrons. The van der Waals surface area contributed by atoms with Crippen LogP contribution in [-0.4, -0.2) is 31.3 Å². The van der Waals surface area contributed by atoms with E-state index in [1.165, 1.54) is 43.3 Å². The molecule has 1 atom stereocenters. The quantitative estimate of drug-likeness (QED) is 0.292. The molecule has 2 N–H and O–H groups in total. The highest BCUT2D eigenvalue weighted by molar-refractivity contribution is 5.93. The summed E-state index contributed by atoms with van der Waals surface area (Å²) in [5.41, 5.74) is 0.590. The van der Waals surface area contributed by atoms with Crippen LogP contribution in [0.1, 0.15) is 34.8 Å². The fraction of sp³-hybridized carbons (Fsp3) is 0.167. The molecule has 0 bridgehead atoms. The largest absolute Gasteiger partial charge is 0.504 e. The Morgan fingerprint density at radius 3 is 2.46 bits per heavy atom. The van der Waals surface area contributed by atoms with E-state index in [4.69, 9.17) is 9.15 Å². The first-order valence-corrected chi connectivity index (χ1v) is 8.08. The highest BCUT2D eigenvalue weighted by Gasteiger charge is 2.23. The average molecular weight is 385 g/mol. The van der Waals surface area contributed by atoms with Gasteiger partial charge in [-0.3, -0.25) is 10.1 Å². The van der Waals surface area contributed by atoms with E-state index >= 15 is 0 Å². The number of hydrogen-bond donors (Lipinski definition) is 2. The van der Waals surface area contributed by atoms with Crippen molar-refractivity contribution in [2.75, 3.05) is 0 Å². The molecule has 1 aromatic heterocycles. The van der Waals surface area contributed by atoms with E-state index in [9.17, 15) is 25.1 Å². The molecule has 0 saturated carbocycles. The maximum Gasteiger partial charge on any atom is 0.342 e. The van der Waals surface area contributed by atoms with Crippen molar-refractivity contribution in [1.29, 1.82) is 0 Å². The number of aromatic nitrogens is 2. The van der Waals surface area contributed by atoms with Crippen LogP contribution in [0.3, 0.4) is 0 Å². The van der Waals surface area contributed by atoms with Crippen LogP contribution >= 0.6 is 0 Å². The second kappa shape index (κ2) is 7.35. The lowest BCUT2D eigenvalue weighted by atomic mass is 10.1. The fourth-order valence-corrected chi connectivity index (χ4v) is 2.36. The summed E-state index contributed by atoms with van der Waals surface area (Å²) >= 11 is 0. The zero-order valence-electron chi connectivity index (χ0n) is 14.8. The molecule has 0 amide bonds. The van der Waals surface area contributed by atoms with Gasteiger partial charge in [0.05, 0.1) is 4.92 Å². The zero-order chi connectivity index (χ0) is 20.4. The summed E-state index contributed by atoms with van der Waals surface area (Å²) in [6.45, 7) is 3.07. The highest BCUT2D eigenvalue weighted by atomic mass is 16.6. The number of nitro benzene ring substituents is 1. The van der Waals surface area contributed by atoms with Gasteiger partial charge in [-0.1, -0.05) is 6.07 Å². The van der Waals surface area contributed by atoms with E-state index in [2.05, 4.69) is 10.2 Å². The molecule has 2 aromatic carbocycles. The predicted molar refractivity (Wildman–Crippen MR) is 94.7 cm³/mol. The average Bonchev–Trinajstić information content (AvgIpc) is 3.16. The van der Waals surface area contributed by atoms with E-state index in [0.717, 1.165) is 0 Å². The fourth-order valence-electron chi connectivity index (χ4n) is 2.36. The molecule has 1 unspecified atom stereocenters. The Labute approximate surface area is 158 Å². The number of ether oxygens (including phenoxy) is 1. The number of aromatic hydroxyl groups is 2. The van der Waals surface area contributed by atoms with Crippen LogP contribution in [0, 0.1) is 17.0 Å². The van der Waals surface area contributed by atoms with Crippen LogP contribution in [0.5, 0.6) is 11.5 Å². The SMILES string of the molecule is Cc1ccc(C(=O)OC(C)c2nnc(-c3ccc([N+](=O)[O-])cc3)o2)c(O)c1O. The lowest BCUT2D eigenvalue weighted by molar-refractivity contribution is -0.384. The summed E-state index contributed by atoms with van der Waals surface area (Å²) in [7, 11) is 0. The molecule has 10 heteroatoms. The van der Waals surface area contributed by atoms with Crippen LogP contribution in [0.2, 0.25) is 0 Å². The molecule has 28 heavy (non-hydrogen) atoms. The number of esters is 1. The Morgan fingerprint density at radius 1 is 1.14 bits per heavy atom. The van der Waals surface area contributed by atoms with Gasteiger partial charge in [-0.25, -0.2) is 4.79 Å². The van der Waals surface area contributed by atoms with Crippen LogP contribution in [-0.2, 0) is 4.74 Å². The monoisotopic (exact) mass is 385 g/mol. The standard InChI is InChI=1S/C18H15N3O7/c1-9-3-8-13(15(23)14(9)22)18(24)27-10(2)16-19-20-17(28-16)11-4-6-12(7-5-11)21(25)26/h3-8,10,22-23H,1-2H3. The number of non-ortho nitro benzene ring substituents is 1. The second-order valence-electron chi connectivity index (χ2n) is 5.92. The van der Waals surface area contributed by atoms with Gasteiger partial charge in [0.2, 0.25) is 5.89 Å². The summed E-state index contributed by atoms with van der Waals surface area (Å²) in [6, 6.07) is 8.31. The number of phenolic OH excluding ortho intramolecular Hbond substituents is 2. The van der Waals surface area contributed by atoms with Crippen molar-refractivity contribution in [2.45, 2.75) is 20.0 Å². The maximum atomic E-state index is 12.2. The normalized spacial score (nSPS) is 11.8. The summed E-state index contributed by atoms with van der Waals surface area (Å²) in [6.07, 6.45) is -0.936. The van der Waals surface area contributed by atoms with E-state index in [-0.39, 0.29) is 23.0 Å². The molecule has 0 radical (unpaired) electrons. The van der Waals surface area contributed by atoms with Crippen molar-refractivity contribution >= 4 is 11.7 Å². The molecule has 0 saturated heterocycles. The van der Waals surface area contributed by atoms with E-state index < -0.39 is 28.5 Å². The minimum absolute atomic E-state index is 0.00229. The Hall–Kier alpha value is -3.95.